The van der Waals surface area contributed by atoms with Crippen molar-refractivity contribution in [3.05, 3.63) is 21.6 Å². The van der Waals surface area contributed by atoms with E-state index in [2.05, 4.69) is 25.9 Å². The standard InChI is InChI=1S/C13H18BrClN2O/c1-2-18-13(7-5-3-4-6-8-13)12-16-9-10(14)11(15)17-12/h9H,2-8H2,1H3. The lowest BCUT2D eigenvalue weighted by molar-refractivity contribution is -0.0624. The molecule has 3 nitrogen and oxygen atoms in total. The van der Waals surface area contributed by atoms with Gasteiger partial charge in [0.15, 0.2) is 5.82 Å². The fourth-order valence-electron chi connectivity index (χ4n) is 2.57. The van der Waals surface area contributed by atoms with Crippen LogP contribution in [-0.2, 0) is 10.3 Å². The van der Waals surface area contributed by atoms with E-state index in [4.69, 9.17) is 16.3 Å². The molecule has 0 saturated heterocycles. The summed E-state index contributed by atoms with van der Waals surface area (Å²) in [5.74, 6) is 0.736. The van der Waals surface area contributed by atoms with Gasteiger partial charge in [-0.05, 0) is 35.7 Å². The Hall–Kier alpha value is -0.190. The second kappa shape index (κ2) is 6.31. The van der Waals surface area contributed by atoms with Crippen LogP contribution in [0, 0.1) is 0 Å². The second-order valence-corrected chi connectivity index (χ2v) is 5.89. The molecular weight excluding hydrogens is 316 g/mol. The van der Waals surface area contributed by atoms with Gasteiger partial charge in [-0.2, -0.15) is 0 Å². The van der Waals surface area contributed by atoms with E-state index >= 15 is 0 Å². The fourth-order valence-corrected chi connectivity index (χ4v) is 2.89. The second-order valence-electron chi connectivity index (χ2n) is 4.67. The van der Waals surface area contributed by atoms with Crippen molar-refractivity contribution in [2.45, 2.75) is 51.0 Å². The molecular formula is C13H18BrClN2O. The van der Waals surface area contributed by atoms with Crippen molar-refractivity contribution in [3.8, 4) is 0 Å². The molecule has 0 N–H and O–H groups in total. The van der Waals surface area contributed by atoms with E-state index < -0.39 is 0 Å². The number of aromatic nitrogens is 2. The Labute approximate surface area is 121 Å². The zero-order valence-corrected chi connectivity index (χ0v) is 12.9. The van der Waals surface area contributed by atoms with Crippen LogP contribution < -0.4 is 0 Å². The monoisotopic (exact) mass is 332 g/mol. The third-order valence-corrected chi connectivity index (χ3v) is 4.54. The summed E-state index contributed by atoms with van der Waals surface area (Å²) in [5, 5.41) is 0.461. The zero-order chi connectivity index (χ0) is 13.0. The normalized spacial score (nSPS) is 19.5. The summed E-state index contributed by atoms with van der Waals surface area (Å²) >= 11 is 9.41. The molecule has 18 heavy (non-hydrogen) atoms. The average Bonchev–Trinajstić information content (AvgIpc) is 2.60. The highest BCUT2D eigenvalue weighted by Crippen LogP contribution is 2.38. The molecule has 100 valence electrons. The van der Waals surface area contributed by atoms with Crippen LogP contribution in [0.5, 0.6) is 0 Å². The van der Waals surface area contributed by atoms with Crippen LogP contribution in [0.4, 0.5) is 0 Å². The van der Waals surface area contributed by atoms with E-state index in [1.165, 1.54) is 12.8 Å². The van der Waals surface area contributed by atoms with Crippen molar-refractivity contribution in [2.75, 3.05) is 6.61 Å². The van der Waals surface area contributed by atoms with Crippen molar-refractivity contribution < 1.29 is 4.74 Å². The van der Waals surface area contributed by atoms with Gasteiger partial charge in [0.2, 0.25) is 0 Å². The van der Waals surface area contributed by atoms with Crippen LogP contribution in [0.25, 0.3) is 0 Å². The molecule has 0 bridgehead atoms. The molecule has 1 saturated carbocycles. The summed E-state index contributed by atoms with van der Waals surface area (Å²) in [7, 11) is 0. The Balaban J connectivity index is 2.35. The Morgan fingerprint density at radius 3 is 2.56 bits per heavy atom. The van der Waals surface area contributed by atoms with Gasteiger partial charge in [-0.1, -0.05) is 37.3 Å². The Kier molecular flexibility index (Phi) is 4.98. The lowest BCUT2D eigenvalue weighted by Crippen LogP contribution is -2.31. The van der Waals surface area contributed by atoms with Gasteiger partial charge in [-0.3, -0.25) is 0 Å². The molecule has 0 radical (unpaired) electrons. The van der Waals surface area contributed by atoms with Gasteiger partial charge in [-0.25, -0.2) is 9.97 Å². The molecule has 0 aromatic carbocycles. The summed E-state index contributed by atoms with van der Waals surface area (Å²) < 4.78 is 6.76. The molecule has 1 aromatic heterocycles. The van der Waals surface area contributed by atoms with Gasteiger partial charge in [0.1, 0.15) is 10.8 Å². The smallest absolute Gasteiger partial charge is 0.162 e. The Morgan fingerprint density at radius 2 is 2.00 bits per heavy atom. The minimum Gasteiger partial charge on any atom is -0.367 e. The van der Waals surface area contributed by atoms with Crippen molar-refractivity contribution in [3.63, 3.8) is 0 Å². The topological polar surface area (TPSA) is 35.0 Å². The van der Waals surface area contributed by atoms with E-state index in [1.807, 2.05) is 6.92 Å². The molecule has 0 unspecified atom stereocenters. The first-order valence-corrected chi connectivity index (χ1v) is 7.67. The van der Waals surface area contributed by atoms with Gasteiger partial charge in [-0.15, -0.1) is 0 Å². The molecule has 1 heterocycles. The Bertz CT molecular complexity index is 406. The molecule has 5 heteroatoms. The largest absolute Gasteiger partial charge is 0.367 e. The molecule has 0 spiro atoms. The minimum absolute atomic E-state index is 0.338. The lowest BCUT2D eigenvalue weighted by Gasteiger charge is -2.31. The minimum atomic E-state index is -0.338. The van der Waals surface area contributed by atoms with E-state index in [1.54, 1.807) is 6.20 Å². The molecule has 1 aromatic rings. The third-order valence-electron chi connectivity index (χ3n) is 3.44. The van der Waals surface area contributed by atoms with Crippen LogP contribution in [-0.4, -0.2) is 16.6 Å². The molecule has 2 rings (SSSR count). The van der Waals surface area contributed by atoms with Gasteiger partial charge in [0.05, 0.1) is 4.47 Å². The van der Waals surface area contributed by atoms with Gasteiger partial charge in [0.25, 0.3) is 0 Å². The summed E-state index contributed by atoms with van der Waals surface area (Å²) in [5.41, 5.74) is -0.338. The number of hydrogen-bond acceptors (Lipinski definition) is 3. The predicted molar refractivity (Wildman–Crippen MR) is 75.7 cm³/mol. The summed E-state index contributed by atoms with van der Waals surface area (Å²) in [4.78, 5) is 8.84. The Morgan fingerprint density at radius 1 is 1.33 bits per heavy atom. The van der Waals surface area contributed by atoms with Gasteiger partial charge >= 0.3 is 0 Å². The van der Waals surface area contributed by atoms with Crippen molar-refractivity contribution in [2.24, 2.45) is 0 Å². The molecule has 0 atom stereocenters. The van der Waals surface area contributed by atoms with Gasteiger partial charge < -0.3 is 4.74 Å². The van der Waals surface area contributed by atoms with Crippen LogP contribution in [0.1, 0.15) is 51.3 Å². The van der Waals surface area contributed by atoms with Crippen LogP contribution in [0.3, 0.4) is 0 Å². The lowest BCUT2D eigenvalue weighted by atomic mass is 9.93. The highest BCUT2D eigenvalue weighted by molar-refractivity contribution is 9.10. The van der Waals surface area contributed by atoms with Crippen molar-refractivity contribution in [1.29, 1.82) is 0 Å². The summed E-state index contributed by atoms with van der Waals surface area (Å²) in [6.07, 6.45) is 8.54. The zero-order valence-electron chi connectivity index (χ0n) is 10.6. The highest BCUT2D eigenvalue weighted by Gasteiger charge is 2.36. The average molecular weight is 334 g/mol. The molecule has 1 aliphatic rings. The van der Waals surface area contributed by atoms with Gasteiger partial charge in [0, 0.05) is 12.8 Å². The fraction of sp³-hybridized carbons (Fsp3) is 0.692. The number of ether oxygens (including phenoxy) is 1. The molecule has 0 amide bonds. The molecule has 0 aliphatic heterocycles. The third kappa shape index (κ3) is 3.03. The SMILES string of the molecule is CCOC1(c2ncc(Br)c(Cl)n2)CCCCCC1. The van der Waals surface area contributed by atoms with Crippen LogP contribution in [0.2, 0.25) is 5.15 Å². The van der Waals surface area contributed by atoms with Crippen molar-refractivity contribution >= 4 is 27.5 Å². The number of halogens is 2. The van der Waals surface area contributed by atoms with E-state index in [0.717, 1.165) is 36.0 Å². The quantitative estimate of drug-likeness (QED) is 0.604. The maximum absolute atomic E-state index is 6.08. The van der Waals surface area contributed by atoms with E-state index in [9.17, 15) is 0 Å². The molecule has 1 fully saturated rings. The first-order valence-electron chi connectivity index (χ1n) is 6.50. The van der Waals surface area contributed by atoms with E-state index in [0.29, 0.717) is 11.8 Å². The van der Waals surface area contributed by atoms with Crippen molar-refractivity contribution in [1.82, 2.24) is 9.97 Å². The van der Waals surface area contributed by atoms with Crippen LogP contribution in [0.15, 0.2) is 10.7 Å². The maximum Gasteiger partial charge on any atom is 0.162 e. The number of rotatable bonds is 3. The predicted octanol–water partition coefficient (Wildman–Crippen LogP) is 4.48. The molecule has 1 aliphatic carbocycles. The van der Waals surface area contributed by atoms with Crippen LogP contribution >= 0.6 is 27.5 Å². The number of nitrogens with zero attached hydrogens (tertiary/aromatic N) is 2. The first kappa shape index (κ1) is 14.2. The summed E-state index contributed by atoms with van der Waals surface area (Å²) in [6.45, 7) is 2.70. The first-order chi connectivity index (χ1) is 8.68. The number of hydrogen-bond donors (Lipinski definition) is 0. The summed E-state index contributed by atoms with van der Waals surface area (Å²) in [6, 6.07) is 0. The van der Waals surface area contributed by atoms with E-state index in [-0.39, 0.29) is 5.60 Å². The maximum atomic E-state index is 6.08. The highest BCUT2D eigenvalue weighted by atomic mass is 79.9.